The van der Waals surface area contributed by atoms with Crippen LogP contribution in [-0.2, 0) is 19.1 Å². The van der Waals surface area contributed by atoms with Gasteiger partial charge in [0.25, 0.3) is 0 Å². The molecule has 3 amide bonds. The topological polar surface area (TPSA) is 99.6 Å². The van der Waals surface area contributed by atoms with E-state index in [9.17, 15) is 19.5 Å². The van der Waals surface area contributed by atoms with Gasteiger partial charge in [-0.25, -0.2) is 0 Å². The number of amides is 3. The van der Waals surface area contributed by atoms with Crippen LogP contribution in [0.1, 0.15) is 72.1 Å². The molecule has 2 saturated heterocycles. The molecule has 0 saturated carbocycles. The van der Waals surface area contributed by atoms with Crippen LogP contribution in [0.2, 0.25) is 0 Å². The number of hydrogen-bond donors (Lipinski definition) is 1. The fourth-order valence-electron chi connectivity index (χ4n) is 7.67. The Labute approximate surface area is 261 Å². The third kappa shape index (κ3) is 5.69. The minimum Gasteiger partial charge on any atom is -0.494 e. The zero-order chi connectivity index (χ0) is 31.3. The Morgan fingerprint density at radius 3 is 2.27 bits per heavy atom. The fraction of sp³-hybridized carbons (Fsp3) is 0.629. The van der Waals surface area contributed by atoms with E-state index < -0.39 is 29.1 Å². The van der Waals surface area contributed by atoms with Crippen molar-refractivity contribution in [1.82, 2.24) is 9.80 Å². The summed E-state index contributed by atoms with van der Waals surface area (Å²) in [4.78, 5) is 49.0. The van der Waals surface area contributed by atoms with Gasteiger partial charge in [0.15, 0.2) is 0 Å². The average Bonchev–Trinajstić information content (AvgIpc) is 3.31. The van der Waals surface area contributed by atoms with Gasteiger partial charge in [-0.15, -0.1) is 0 Å². The van der Waals surface area contributed by atoms with Gasteiger partial charge in [-0.1, -0.05) is 63.8 Å². The summed E-state index contributed by atoms with van der Waals surface area (Å²) in [6.07, 6.45) is 14.5. The molecule has 4 aliphatic heterocycles. The molecule has 1 spiro atoms. The lowest BCUT2D eigenvalue weighted by molar-refractivity contribution is -0.152. The zero-order valence-corrected chi connectivity index (χ0v) is 26.6. The van der Waals surface area contributed by atoms with Crippen LogP contribution in [0.15, 0.2) is 48.6 Å². The standard InChI is InChI=1S/C35H49N3O6/c1-4-7-10-21-36-22-14-20-35-29(32(41)38(30(35)33(36)42)23-11-8-9-12-25-39)28-31(40)37(24-13-19-34(28,5-2)44-35)26-15-17-27(18-16-26)43-6-3/h13-20,28-30,39H,4-12,21-25H2,1-3H3/t28-,29+,30?,34+,35+/m1/s1. The minimum atomic E-state index is -1.23. The minimum absolute atomic E-state index is 0.0974. The number of nitrogens with zero attached hydrogens (tertiary/aromatic N) is 3. The Bertz CT molecular complexity index is 1250. The number of rotatable bonds is 14. The summed E-state index contributed by atoms with van der Waals surface area (Å²) in [7, 11) is 0. The highest BCUT2D eigenvalue weighted by Gasteiger charge is 2.75. The van der Waals surface area contributed by atoms with E-state index in [1.54, 1.807) is 9.80 Å². The van der Waals surface area contributed by atoms with Crippen molar-refractivity contribution < 1.29 is 29.0 Å². The molecule has 240 valence electrons. The van der Waals surface area contributed by atoms with Gasteiger partial charge in [0.2, 0.25) is 17.7 Å². The number of ether oxygens (including phenoxy) is 2. The second-order valence-electron chi connectivity index (χ2n) is 12.5. The molecule has 4 heterocycles. The van der Waals surface area contributed by atoms with Crippen molar-refractivity contribution in [3.8, 4) is 5.75 Å². The van der Waals surface area contributed by atoms with E-state index in [4.69, 9.17) is 9.47 Å². The smallest absolute Gasteiger partial charge is 0.249 e. The molecule has 1 unspecified atom stereocenters. The fourth-order valence-corrected chi connectivity index (χ4v) is 7.67. The highest BCUT2D eigenvalue weighted by molar-refractivity contribution is 6.04. The van der Waals surface area contributed by atoms with E-state index in [0.717, 1.165) is 43.5 Å². The first-order valence-electron chi connectivity index (χ1n) is 16.7. The van der Waals surface area contributed by atoms with Crippen molar-refractivity contribution >= 4 is 23.4 Å². The van der Waals surface area contributed by atoms with Crippen molar-refractivity contribution in [2.24, 2.45) is 11.8 Å². The van der Waals surface area contributed by atoms with Crippen molar-refractivity contribution in [1.29, 1.82) is 0 Å². The first-order valence-corrected chi connectivity index (χ1v) is 16.7. The number of anilines is 1. The normalized spacial score (nSPS) is 29.5. The summed E-state index contributed by atoms with van der Waals surface area (Å²) in [5.41, 5.74) is -1.51. The third-order valence-electron chi connectivity index (χ3n) is 9.82. The van der Waals surface area contributed by atoms with Gasteiger partial charge in [0.1, 0.15) is 17.4 Å². The van der Waals surface area contributed by atoms with Gasteiger partial charge in [0, 0.05) is 38.5 Å². The predicted octanol–water partition coefficient (Wildman–Crippen LogP) is 4.49. The van der Waals surface area contributed by atoms with Gasteiger partial charge in [-0.05, 0) is 56.9 Å². The zero-order valence-electron chi connectivity index (χ0n) is 26.6. The van der Waals surface area contributed by atoms with Crippen LogP contribution in [0.25, 0.3) is 0 Å². The molecule has 1 aromatic carbocycles. The van der Waals surface area contributed by atoms with Crippen LogP contribution in [-0.4, -0.2) is 89.3 Å². The first-order chi connectivity index (χ1) is 21.4. The number of likely N-dealkylation sites (tertiary alicyclic amines) is 1. The molecule has 9 heteroatoms. The Morgan fingerprint density at radius 2 is 1.57 bits per heavy atom. The lowest BCUT2D eigenvalue weighted by atomic mass is 9.73. The molecule has 0 bridgehead atoms. The van der Waals surface area contributed by atoms with Gasteiger partial charge in [-0.2, -0.15) is 0 Å². The van der Waals surface area contributed by atoms with E-state index in [0.29, 0.717) is 52.0 Å². The summed E-state index contributed by atoms with van der Waals surface area (Å²) < 4.78 is 12.7. The first kappa shape index (κ1) is 32.2. The molecule has 2 fully saturated rings. The van der Waals surface area contributed by atoms with Crippen molar-refractivity contribution in [3.05, 3.63) is 48.6 Å². The highest BCUT2D eigenvalue weighted by atomic mass is 16.5. The molecule has 0 aliphatic carbocycles. The molecule has 5 rings (SSSR count). The van der Waals surface area contributed by atoms with Crippen LogP contribution in [0.4, 0.5) is 5.69 Å². The Morgan fingerprint density at radius 1 is 0.841 bits per heavy atom. The van der Waals surface area contributed by atoms with E-state index in [2.05, 4.69) is 6.92 Å². The molecule has 4 aliphatic rings. The monoisotopic (exact) mass is 607 g/mol. The van der Waals surface area contributed by atoms with Crippen LogP contribution < -0.4 is 9.64 Å². The lowest BCUT2D eigenvalue weighted by Gasteiger charge is -2.38. The van der Waals surface area contributed by atoms with Crippen molar-refractivity contribution in [2.45, 2.75) is 89.4 Å². The van der Waals surface area contributed by atoms with E-state index in [-0.39, 0.29) is 24.3 Å². The number of benzene rings is 1. The summed E-state index contributed by atoms with van der Waals surface area (Å²) in [6.45, 7) is 8.61. The third-order valence-corrected chi connectivity index (χ3v) is 9.82. The Hall–Kier alpha value is -3.17. The number of unbranched alkanes of at least 4 members (excludes halogenated alkanes) is 5. The summed E-state index contributed by atoms with van der Waals surface area (Å²) in [5.74, 6) is -1.31. The highest BCUT2D eigenvalue weighted by Crippen LogP contribution is 2.58. The summed E-state index contributed by atoms with van der Waals surface area (Å²) in [5, 5.41) is 9.23. The summed E-state index contributed by atoms with van der Waals surface area (Å²) in [6, 6.07) is 6.64. The van der Waals surface area contributed by atoms with Crippen LogP contribution in [0.5, 0.6) is 5.75 Å². The molecule has 44 heavy (non-hydrogen) atoms. The molecule has 5 atom stereocenters. The largest absolute Gasteiger partial charge is 0.494 e. The molecule has 0 radical (unpaired) electrons. The van der Waals surface area contributed by atoms with E-state index in [1.807, 2.05) is 67.3 Å². The van der Waals surface area contributed by atoms with Crippen LogP contribution in [0.3, 0.4) is 0 Å². The number of carbonyl (C=O) groups is 3. The maximum atomic E-state index is 14.7. The predicted molar refractivity (Wildman–Crippen MR) is 169 cm³/mol. The van der Waals surface area contributed by atoms with Crippen molar-refractivity contribution in [2.75, 3.05) is 44.3 Å². The molecular weight excluding hydrogens is 558 g/mol. The number of hydrogen-bond acceptors (Lipinski definition) is 6. The SMILES string of the molecule is CCCCCN1CC=C[C@]23O[C@@]4(CC)C=CCN(c5ccc(OCC)cc5)C(=O)[C@H]4[C@H]2C(=O)N(CCCCCCO)C3C1=O. The molecule has 0 aromatic heterocycles. The van der Waals surface area contributed by atoms with Gasteiger partial charge >= 0.3 is 0 Å². The van der Waals surface area contributed by atoms with Crippen molar-refractivity contribution in [3.63, 3.8) is 0 Å². The van der Waals surface area contributed by atoms with Gasteiger partial charge in [0.05, 0.1) is 24.0 Å². The maximum Gasteiger partial charge on any atom is 0.249 e. The molecular formula is C35H49N3O6. The number of fused-ring (bicyclic) bond motifs is 2. The van der Waals surface area contributed by atoms with Crippen LogP contribution >= 0.6 is 0 Å². The van der Waals surface area contributed by atoms with Crippen LogP contribution in [0, 0.1) is 11.8 Å². The second-order valence-corrected chi connectivity index (χ2v) is 12.5. The number of carbonyl (C=O) groups excluding carboxylic acids is 3. The van der Waals surface area contributed by atoms with Gasteiger partial charge in [-0.3, -0.25) is 14.4 Å². The molecule has 1 N–H and O–H groups in total. The molecule has 9 nitrogen and oxygen atoms in total. The quantitative estimate of drug-likeness (QED) is 0.247. The number of aliphatic hydroxyl groups is 1. The van der Waals surface area contributed by atoms with Gasteiger partial charge < -0.3 is 29.3 Å². The summed E-state index contributed by atoms with van der Waals surface area (Å²) >= 11 is 0. The maximum absolute atomic E-state index is 14.7. The van der Waals surface area contributed by atoms with E-state index in [1.165, 1.54) is 0 Å². The number of aliphatic hydroxyl groups excluding tert-OH is 1. The lowest BCUT2D eigenvalue weighted by Crippen LogP contribution is -2.56. The van der Waals surface area contributed by atoms with E-state index >= 15 is 0 Å². The Balaban J connectivity index is 1.53. The Kier molecular flexibility index (Phi) is 10.2. The molecule has 1 aromatic rings. The average molecular weight is 608 g/mol. The second kappa shape index (κ2) is 13.9.